The van der Waals surface area contributed by atoms with Crippen LogP contribution in [0.3, 0.4) is 0 Å². The molecule has 0 saturated carbocycles. The van der Waals surface area contributed by atoms with Crippen LogP contribution in [0, 0.1) is 0 Å². The van der Waals surface area contributed by atoms with E-state index in [1.54, 1.807) is 12.1 Å². The lowest BCUT2D eigenvalue weighted by Gasteiger charge is -1.98. The number of carboxylic acids is 1. The van der Waals surface area contributed by atoms with Gasteiger partial charge in [0.1, 0.15) is 5.84 Å². The predicted molar refractivity (Wildman–Crippen MR) is 48.3 cm³/mol. The number of hydrazone groups is 1. The molecule has 0 heterocycles. The quantitative estimate of drug-likeness (QED) is 0.256. The van der Waals surface area contributed by atoms with Crippen LogP contribution < -0.4 is 11.6 Å². The Kier molecular flexibility index (Phi) is 2.49. The first kappa shape index (κ1) is 9.05. The molecule has 1 aromatic rings. The van der Waals surface area contributed by atoms with Crippen molar-refractivity contribution in [1.29, 1.82) is 0 Å². The first-order valence-corrected chi connectivity index (χ1v) is 3.52. The van der Waals surface area contributed by atoms with E-state index in [0.29, 0.717) is 5.56 Å². The second kappa shape index (κ2) is 3.57. The zero-order valence-corrected chi connectivity index (χ0v) is 6.77. The summed E-state index contributed by atoms with van der Waals surface area (Å²) in [5.74, 6) is 4.15. The molecular formula is C8H9N3O2. The van der Waals surface area contributed by atoms with Crippen molar-refractivity contribution in [3.63, 3.8) is 0 Å². The lowest BCUT2D eigenvalue weighted by molar-refractivity contribution is 0.0697. The van der Waals surface area contributed by atoms with E-state index in [4.69, 9.17) is 16.7 Å². The van der Waals surface area contributed by atoms with Gasteiger partial charge in [0.15, 0.2) is 0 Å². The van der Waals surface area contributed by atoms with Crippen molar-refractivity contribution < 1.29 is 9.90 Å². The minimum atomic E-state index is -0.977. The molecule has 0 aliphatic heterocycles. The number of aromatic carboxylic acids is 1. The summed E-state index contributed by atoms with van der Waals surface area (Å²) in [7, 11) is 0. The number of hydrogen-bond acceptors (Lipinski definition) is 3. The summed E-state index contributed by atoms with van der Waals surface area (Å²) in [4.78, 5) is 10.5. The minimum Gasteiger partial charge on any atom is -0.478 e. The van der Waals surface area contributed by atoms with Crippen molar-refractivity contribution in [2.24, 2.45) is 16.7 Å². The van der Waals surface area contributed by atoms with E-state index >= 15 is 0 Å². The first-order valence-electron chi connectivity index (χ1n) is 3.52. The van der Waals surface area contributed by atoms with E-state index in [2.05, 4.69) is 5.10 Å². The van der Waals surface area contributed by atoms with Gasteiger partial charge in [-0.25, -0.2) is 4.79 Å². The highest BCUT2D eigenvalue weighted by atomic mass is 16.4. The summed E-state index contributed by atoms with van der Waals surface area (Å²) in [6.07, 6.45) is 0. The van der Waals surface area contributed by atoms with E-state index in [9.17, 15) is 4.79 Å². The molecule has 5 N–H and O–H groups in total. The standard InChI is InChI=1S/C8H9N3O2/c9-7(11-10)5-1-3-6(4-2-5)8(12)13/h1-4H,10H2,(H2,9,11)(H,12,13). The van der Waals surface area contributed by atoms with Crippen LogP contribution in [0.1, 0.15) is 15.9 Å². The summed E-state index contributed by atoms with van der Waals surface area (Å²) < 4.78 is 0. The topological polar surface area (TPSA) is 102 Å². The van der Waals surface area contributed by atoms with Gasteiger partial charge in [-0.15, -0.1) is 0 Å². The van der Waals surface area contributed by atoms with Crippen molar-refractivity contribution >= 4 is 11.8 Å². The highest BCUT2D eigenvalue weighted by molar-refractivity contribution is 5.98. The number of carbonyl (C=O) groups is 1. The van der Waals surface area contributed by atoms with Gasteiger partial charge in [-0.2, -0.15) is 5.10 Å². The third kappa shape index (κ3) is 1.96. The minimum absolute atomic E-state index is 0.178. The Morgan fingerprint density at radius 2 is 1.69 bits per heavy atom. The Morgan fingerprint density at radius 1 is 1.23 bits per heavy atom. The molecule has 0 amide bonds. The second-order valence-corrected chi connectivity index (χ2v) is 2.40. The van der Waals surface area contributed by atoms with Crippen LogP contribution in [0.2, 0.25) is 0 Å². The molecule has 1 aromatic carbocycles. The molecule has 0 aliphatic carbocycles. The van der Waals surface area contributed by atoms with Gasteiger partial charge in [0.05, 0.1) is 5.56 Å². The number of nitrogens with zero attached hydrogens (tertiary/aromatic N) is 1. The van der Waals surface area contributed by atoms with Gasteiger partial charge in [0, 0.05) is 5.56 Å². The molecule has 0 unspecified atom stereocenters. The van der Waals surface area contributed by atoms with Crippen molar-refractivity contribution in [1.82, 2.24) is 0 Å². The molecule has 1 rings (SSSR count). The molecule has 68 valence electrons. The molecule has 0 aromatic heterocycles. The summed E-state index contributed by atoms with van der Waals surface area (Å²) in [6, 6.07) is 5.98. The maximum Gasteiger partial charge on any atom is 0.335 e. The monoisotopic (exact) mass is 179 g/mol. The Balaban J connectivity index is 3.00. The van der Waals surface area contributed by atoms with Gasteiger partial charge < -0.3 is 16.7 Å². The Labute approximate surface area is 74.7 Å². The number of amidine groups is 1. The van der Waals surface area contributed by atoms with Crippen LogP contribution in [0.15, 0.2) is 29.4 Å². The molecule has 5 nitrogen and oxygen atoms in total. The van der Waals surface area contributed by atoms with Crippen molar-refractivity contribution in [3.05, 3.63) is 35.4 Å². The zero-order valence-electron chi connectivity index (χ0n) is 6.77. The summed E-state index contributed by atoms with van der Waals surface area (Å²) in [5, 5.41) is 11.9. The Morgan fingerprint density at radius 3 is 2.08 bits per heavy atom. The SMILES string of the molecule is N/N=C(\N)c1ccc(C(=O)O)cc1. The Hall–Kier alpha value is -2.04. The number of carboxylic acid groups (broad SMARTS) is 1. The number of nitrogens with two attached hydrogens (primary N) is 2. The molecule has 13 heavy (non-hydrogen) atoms. The molecule has 0 atom stereocenters. The van der Waals surface area contributed by atoms with Gasteiger partial charge in [-0.3, -0.25) is 0 Å². The highest BCUT2D eigenvalue weighted by Crippen LogP contribution is 2.03. The van der Waals surface area contributed by atoms with E-state index in [1.165, 1.54) is 12.1 Å². The van der Waals surface area contributed by atoms with Crippen molar-refractivity contribution in [3.8, 4) is 0 Å². The van der Waals surface area contributed by atoms with Gasteiger partial charge in [-0.05, 0) is 12.1 Å². The number of rotatable bonds is 2. The average Bonchev–Trinajstić information content (AvgIpc) is 2.17. The maximum absolute atomic E-state index is 10.5. The summed E-state index contributed by atoms with van der Waals surface area (Å²) in [6.45, 7) is 0. The lowest BCUT2D eigenvalue weighted by Crippen LogP contribution is -2.15. The van der Waals surface area contributed by atoms with E-state index in [1.807, 2.05) is 0 Å². The fraction of sp³-hybridized carbons (Fsp3) is 0. The first-order chi connectivity index (χ1) is 6.15. The second-order valence-electron chi connectivity index (χ2n) is 2.40. The predicted octanol–water partition coefficient (Wildman–Crippen LogP) is -0.0362. The van der Waals surface area contributed by atoms with Crippen LogP contribution in [0.4, 0.5) is 0 Å². The van der Waals surface area contributed by atoms with E-state index in [-0.39, 0.29) is 11.4 Å². The normalized spacial score (nSPS) is 11.2. The van der Waals surface area contributed by atoms with E-state index in [0.717, 1.165) is 0 Å². The van der Waals surface area contributed by atoms with Crippen LogP contribution >= 0.6 is 0 Å². The highest BCUT2D eigenvalue weighted by Gasteiger charge is 2.02. The molecule has 0 fully saturated rings. The fourth-order valence-corrected chi connectivity index (χ4v) is 0.858. The molecule has 0 spiro atoms. The zero-order chi connectivity index (χ0) is 9.84. The Bertz CT molecular complexity index is 343. The summed E-state index contributed by atoms with van der Waals surface area (Å²) >= 11 is 0. The third-order valence-electron chi connectivity index (χ3n) is 1.57. The number of benzene rings is 1. The molecular weight excluding hydrogens is 170 g/mol. The molecule has 5 heteroatoms. The van der Waals surface area contributed by atoms with Crippen LogP contribution in [0.5, 0.6) is 0 Å². The van der Waals surface area contributed by atoms with Gasteiger partial charge >= 0.3 is 5.97 Å². The van der Waals surface area contributed by atoms with Crippen molar-refractivity contribution in [2.45, 2.75) is 0 Å². The lowest BCUT2D eigenvalue weighted by atomic mass is 10.1. The maximum atomic E-state index is 10.5. The molecule has 0 bridgehead atoms. The number of hydrogen-bond donors (Lipinski definition) is 3. The van der Waals surface area contributed by atoms with Crippen LogP contribution in [-0.4, -0.2) is 16.9 Å². The largest absolute Gasteiger partial charge is 0.478 e. The average molecular weight is 179 g/mol. The summed E-state index contributed by atoms with van der Waals surface area (Å²) in [5.41, 5.74) is 6.20. The fourth-order valence-electron chi connectivity index (χ4n) is 0.858. The van der Waals surface area contributed by atoms with Gasteiger partial charge in [0.25, 0.3) is 0 Å². The molecule has 0 saturated heterocycles. The molecule has 0 radical (unpaired) electrons. The smallest absolute Gasteiger partial charge is 0.335 e. The third-order valence-corrected chi connectivity index (χ3v) is 1.57. The van der Waals surface area contributed by atoms with Crippen LogP contribution in [-0.2, 0) is 0 Å². The molecule has 0 aliphatic rings. The van der Waals surface area contributed by atoms with Gasteiger partial charge in [-0.1, -0.05) is 12.1 Å². The van der Waals surface area contributed by atoms with Gasteiger partial charge in [0.2, 0.25) is 0 Å². The van der Waals surface area contributed by atoms with Crippen molar-refractivity contribution in [2.75, 3.05) is 0 Å². The van der Waals surface area contributed by atoms with E-state index < -0.39 is 5.97 Å². The van der Waals surface area contributed by atoms with Crippen LogP contribution in [0.25, 0.3) is 0 Å².